The van der Waals surface area contributed by atoms with E-state index in [1.807, 2.05) is 20.0 Å². The predicted molar refractivity (Wildman–Crippen MR) is 82.7 cm³/mol. The number of nitrogens with one attached hydrogen (secondary N) is 2. The molecule has 2 N–H and O–H groups in total. The van der Waals surface area contributed by atoms with Crippen LogP contribution in [0.3, 0.4) is 0 Å². The third kappa shape index (κ3) is 4.78. The van der Waals surface area contributed by atoms with E-state index >= 15 is 0 Å². The van der Waals surface area contributed by atoms with Crippen LogP contribution >= 0.6 is 11.3 Å². The number of aliphatic imine (C=N–C) groups is 1. The van der Waals surface area contributed by atoms with Gasteiger partial charge >= 0.3 is 0 Å². The topological polar surface area (TPSA) is 62.2 Å². The molecule has 5 nitrogen and oxygen atoms in total. The SMILES string of the molecule is CCNC(=NCc1ncccc1F)NCc1ncc(C)s1. The van der Waals surface area contributed by atoms with Crippen LogP contribution in [0.2, 0.25) is 0 Å². The summed E-state index contributed by atoms with van der Waals surface area (Å²) >= 11 is 1.64. The molecule has 0 unspecified atom stereocenters. The molecule has 0 atom stereocenters. The van der Waals surface area contributed by atoms with Gasteiger partial charge in [0.2, 0.25) is 0 Å². The number of thiazole rings is 1. The van der Waals surface area contributed by atoms with E-state index in [2.05, 4.69) is 25.6 Å². The Morgan fingerprint density at radius 2 is 2.24 bits per heavy atom. The van der Waals surface area contributed by atoms with E-state index in [0.29, 0.717) is 18.2 Å². The first-order valence-corrected chi connectivity index (χ1v) is 7.53. The quantitative estimate of drug-likeness (QED) is 0.657. The Hall–Kier alpha value is -2.02. The van der Waals surface area contributed by atoms with Gasteiger partial charge < -0.3 is 10.6 Å². The molecule has 112 valence electrons. The fourth-order valence-electron chi connectivity index (χ4n) is 1.67. The third-order valence-electron chi connectivity index (χ3n) is 2.64. The normalized spacial score (nSPS) is 11.5. The van der Waals surface area contributed by atoms with Crippen LogP contribution in [0.4, 0.5) is 4.39 Å². The summed E-state index contributed by atoms with van der Waals surface area (Å²) in [6, 6.07) is 2.95. The van der Waals surface area contributed by atoms with E-state index in [9.17, 15) is 4.39 Å². The molecule has 0 saturated heterocycles. The lowest BCUT2D eigenvalue weighted by atomic mass is 10.3. The third-order valence-corrected chi connectivity index (χ3v) is 3.55. The van der Waals surface area contributed by atoms with Crippen molar-refractivity contribution in [2.45, 2.75) is 26.9 Å². The maximum absolute atomic E-state index is 13.5. The highest BCUT2D eigenvalue weighted by Gasteiger charge is 2.04. The Kier molecular flexibility index (Phi) is 5.62. The van der Waals surface area contributed by atoms with Crippen LogP contribution in [-0.4, -0.2) is 22.5 Å². The lowest BCUT2D eigenvalue weighted by molar-refractivity contribution is 0.599. The number of guanidine groups is 1. The maximum atomic E-state index is 13.5. The molecule has 0 aliphatic heterocycles. The smallest absolute Gasteiger partial charge is 0.191 e. The Balaban J connectivity index is 1.97. The zero-order valence-electron chi connectivity index (χ0n) is 12.1. The number of halogens is 1. The molecule has 0 bridgehead atoms. The minimum Gasteiger partial charge on any atom is -0.357 e. The molecule has 0 aliphatic carbocycles. The molecule has 0 saturated carbocycles. The van der Waals surface area contributed by atoms with Crippen LogP contribution in [0.5, 0.6) is 0 Å². The summed E-state index contributed by atoms with van der Waals surface area (Å²) in [6.45, 7) is 5.51. The number of pyridine rings is 1. The monoisotopic (exact) mass is 307 g/mol. The standard InChI is InChI=1S/C14H18FN5S/c1-3-16-14(20-9-13-18-7-10(2)21-13)19-8-12-11(15)5-4-6-17-12/h4-7H,3,8-9H2,1-2H3,(H2,16,19,20). The molecule has 7 heteroatoms. The minimum absolute atomic E-state index is 0.193. The highest BCUT2D eigenvalue weighted by molar-refractivity contribution is 7.11. The fraction of sp³-hybridized carbons (Fsp3) is 0.357. The first-order valence-electron chi connectivity index (χ1n) is 6.72. The van der Waals surface area contributed by atoms with Gasteiger partial charge in [-0.2, -0.15) is 0 Å². The van der Waals surface area contributed by atoms with Crippen molar-refractivity contribution >= 4 is 17.3 Å². The average molecular weight is 307 g/mol. The van der Waals surface area contributed by atoms with Gasteiger partial charge in [0.15, 0.2) is 5.96 Å². The predicted octanol–water partition coefficient (Wildman–Crippen LogP) is 2.24. The molecular weight excluding hydrogens is 289 g/mol. The van der Waals surface area contributed by atoms with Gasteiger partial charge in [-0.15, -0.1) is 11.3 Å². The van der Waals surface area contributed by atoms with Crippen molar-refractivity contribution in [2.75, 3.05) is 6.54 Å². The van der Waals surface area contributed by atoms with Crippen LogP contribution in [0.25, 0.3) is 0 Å². The van der Waals surface area contributed by atoms with E-state index in [1.54, 1.807) is 23.6 Å². The fourth-order valence-corrected chi connectivity index (χ4v) is 2.40. The average Bonchev–Trinajstić information content (AvgIpc) is 2.89. The molecule has 0 radical (unpaired) electrons. The molecule has 2 heterocycles. The molecule has 0 aliphatic rings. The van der Waals surface area contributed by atoms with Crippen LogP contribution < -0.4 is 10.6 Å². The van der Waals surface area contributed by atoms with Gasteiger partial charge in [-0.25, -0.2) is 14.4 Å². The molecule has 2 rings (SSSR count). The zero-order valence-corrected chi connectivity index (χ0v) is 12.9. The van der Waals surface area contributed by atoms with E-state index in [-0.39, 0.29) is 12.4 Å². The molecule has 0 spiro atoms. The summed E-state index contributed by atoms with van der Waals surface area (Å²) in [4.78, 5) is 13.8. The van der Waals surface area contributed by atoms with Gasteiger partial charge in [0, 0.05) is 23.8 Å². The van der Waals surface area contributed by atoms with Crippen LogP contribution in [0, 0.1) is 12.7 Å². The summed E-state index contributed by atoms with van der Waals surface area (Å²) < 4.78 is 13.5. The Labute approximate surface area is 127 Å². The number of rotatable bonds is 5. The molecule has 2 aromatic heterocycles. The number of hydrogen-bond donors (Lipinski definition) is 2. The molecule has 2 aromatic rings. The van der Waals surface area contributed by atoms with Crippen molar-refractivity contribution in [1.82, 2.24) is 20.6 Å². The second-order valence-electron chi connectivity index (χ2n) is 4.35. The summed E-state index contributed by atoms with van der Waals surface area (Å²) in [7, 11) is 0. The zero-order chi connectivity index (χ0) is 15.1. The second-order valence-corrected chi connectivity index (χ2v) is 5.66. The van der Waals surface area contributed by atoms with Gasteiger partial charge in [-0.05, 0) is 26.0 Å². The van der Waals surface area contributed by atoms with E-state index < -0.39 is 0 Å². The van der Waals surface area contributed by atoms with Crippen molar-refractivity contribution in [3.05, 3.63) is 45.9 Å². The number of aryl methyl sites for hydroxylation is 1. The maximum Gasteiger partial charge on any atom is 0.191 e. The van der Waals surface area contributed by atoms with Gasteiger partial charge in [-0.3, -0.25) is 4.98 Å². The molecule has 21 heavy (non-hydrogen) atoms. The van der Waals surface area contributed by atoms with Crippen molar-refractivity contribution in [2.24, 2.45) is 4.99 Å². The summed E-state index contributed by atoms with van der Waals surface area (Å²) in [6.07, 6.45) is 3.40. The number of hydrogen-bond acceptors (Lipinski definition) is 4. The largest absolute Gasteiger partial charge is 0.357 e. The van der Waals surface area contributed by atoms with Crippen LogP contribution in [-0.2, 0) is 13.1 Å². The van der Waals surface area contributed by atoms with Crippen molar-refractivity contribution < 1.29 is 4.39 Å². The Morgan fingerprint density at radius 3 is 2.90 bits per heavy atom. The van der Waals surface area contributed by atoms with E-state index in [4.69, 9.17) is 0 Å². The molecule has 0 fully saturated rings. The second kappa shape index (κ2) is 7.68. The minimum atomic E-state index is -0.340. The molecular formula is C14H18FN5S. The van der Waals surface area contributed by atoms with Crippen LogP contribution in [0.15, 0.2) is 29.5 Å². The summed E-state index contributed by atoms with van der Waals surface area (Å²) in [5, 5.41) is 7.28. The molecule has 0 aromatic carbocycles. The lowest BCUT2D eigenvalue weighted by Gasteiger charge is -2.10. The van der Waals surface area contributed by atoms with Gasteiger partial charge in [-0.1, -0.05) is 0 Å². The van der Waals surface area contributed by atoms with Gasteiger partial charge in [0.25, 0.3) is 0 Å². The van der Waals surface area contributed by atoms with Gasteiger partial charge in [0.05, 0.1) is 18.8 Å². The van der Waals surface area contributed by atoms with Gasteiger partial charge in [0.1, 0.15) is 10.8 Å². The van der Waals surface area contributed by atoms with E-state index in [0.717, 1.165) is 11.6 Å². The Morgan fingerprint density at radius 1 is 1.38 bits per heavy atom. The lowest BCUT2D eigenvalue weighted by Crippen LogP contribution is -2.36. The highest BCUT2D eigenvalue weighted by atomic mass is 32.1. The van der Waals surface area contributed by atoms with Crippen molar-refractivity contribution in [3.8, 4) is 0 Å². The first kappa shape index (κ1) is 15.4. The van der Waals surface area contributed by atoms with Crippen molar-refractivity contribution in [3.63, 3.8) is 0 Å². The first-order chi connectivity index (χ1) is 10.2. The summed E-state index contributed by atoms with van der Waals surface area (Å²) in [5.74, 6) is 0.281. The van der Waals surface area contributed by atoms with E-state index in [1.165, 1.54) is 10.9 Å². The Bertz CT molecular complexity index is 611. The molecule has 0 amide bonds. The van der Waals surface area contributed by atoms with Crippen molar-refractivity contribution in [1.29, 1.82) is 0 Å². The number of nitrogens with zero attached hydrogens (tertiary/aromatic N) is 3. The summed E-state index contributed by atoms with van der Waals surface area (Å²) in [5.41, 5.74) is 0.333. The highest BCUT2D eigenvalue weighted by Crippen LogP contribution is 2.10. The van der Waals surface area contributed by atoms with Crippen LogP contribution in [0.1, 0.15) is 22.5 Å². The number of aromatic nitrogens is 2.